The second-order valence-corrected chi connectivity index (χ2v) is 2.48. The first kappa shape index (κ1) is 15.4. The molecule has 80 valence electrons. The molecule has 0 rings (SSSR count). The van der Waals surface area contributed by atoms with E-state index in [-0.39, 0.29) is 17.4 Å². The SMILES string of the molecule is O=C(O)CC(O)(CC(=O)O)C(=O)O.[Cr]. The summed E-state index contributed by atoms with van der Waals surface area (Å²) in [6.45, 7) is 0. The van der Waals surface area contributed by atoms with Gasteiger partial charge in [-0.25, -0.2) is 4.79 Å². The van der Waals surface area contributed by atoms with E-state index >= 15 is 0 Å². The van der Waals surface area contributed by atoms with Crippen molar-refractivity contribution in [2.75, 3.05) is 0 Å². The summed E-state index contributed by atoms with van der Waals surface area (Å²) >= 11 is 0. The van der Waals surface area contributed by atoms with Crippen molar-refractivity contribution in [1.82, 2.24) is 0 Å². The Hall–Kier alpha value is -1.10. The number of carboxylic acid groups (broad SMARTS) is 3. The van der Waals surface area contributed by atoms with Crippen LogP contribution in [0.25, 0.3) is 0 Å². The maximum atomic E-state index is 10.3. The van der Waals surface area contributed by atoms with Crippen LogP contribution in [0.1, 0.15) is 12.8 Å². The second-order valence-electron chi connectivity index (χ2n) is 2.48. The van der Waals surface area contributed by atoms with E-state index in [2.05, 4.69) is 0 Å². The summed E-state index contributed by atoms with van der Waals surface area (Å²) in [6, 6.07) is 0. The Morgan fingerprint density at radius 3 is 1.36 bits per heavy atom. The summed E-state index contributed by atoms with van der Waals surface area (Å²) < 4.78 is 0. The Labute approximate surface area is 89.1 Å². The number of carboxylic acids is 3. The summed E-state index contributed by atoms with van der Waals surface area (Å²) in [5.74, 6) is -5.02. The number of aliphatic carboxylic acids is 3. The maximum absolute atomic E-state index is 10.3. The van der Waals surface area contributed by atoms with Crippen molar-refractivity contribution >= 4 is 17.9 Å². The second kappa shape index (κ2) is 5.59. The van der Waals surface area contributed by atoms with Crippen LogP contribution in [0.4, 0.5) is 0 Å². The van der Waals surface area contributed by atoms with E-state index in [0.29, 0.717) is 0 Å². The minimum absolute atomic E-state index is 0. The largest absolute Gasteiger partial charge is 0.481 e. The molecular formula is C6H8CrO7. The third-order valence-corrected chi connectivity index (χ3v) is 1.29. The predicted octanol–water partition coefficient (Wildman–Crippen LogP) is -1.25. The van der Waals surface area contributed by atoms with Gasteiger partial charge in [-0.05, 0) is 0 Å². The zero-order valence-electron chi connectivity index (χ0n) is 6.84. The first-order valence-corrected chi connectivity index (χ1v) is 3.17. The Kier molecular flexibility index (Phi) is 6.15. The third kappa shape index (κ3) is 4.81. The Morgan fingerprint density at radius 2 is 1.21 bits per heavy atom. The molecule has 0 aromatic heterocycles. The molecule has 0 saturated carbocycles. The van der Waals surface area contributed by atoms with E-state index < -0.39 is 36.4 Å². The van der Waals surface area contributed by atoms with Crippen molar-refractivity contribution in [3.63, 3.8) is 0 Å². The van der Waals surface area contributed by atoms with Crippen LogP contribution in [0, 0.1) is 0 Å². The van der Waals surface area contributed by atoms with Gasteiger partial charge in [-0.1, -0.05) is 0 Å². The van der Waals surface area contributed by atoms with Gasteiger partial charge in [-0.15, -0.1) is 0 Å². The van der Waals surface area contributed by atoms with Gasteiger partial charge in [0.2, 0.25) is 0 Å². The number of aliphatic hydroxyl groups is 1. The van der Waals surface area contributed by atoms with E-state index in [0.717, 1.165) is 0 Å². The average Bonchev–Trinajstić information content (AvgIpc) is 1.82. The number of hydrogen-bond acceptors (Lipinski definition) is 4. The molecule has 0 bridgehead atoms. The predicted molar refractivity (Wildman–Crippen MR) is 37.1 cm³/mol. The van der Waals surface area contributed by atoms with E-state index in [9.17, 15) is 14.4 Å². The van der Waals surface area contributed by atoms with Crippen LogP contribution in [0.3, 0.4) is 0 Å². The standard InChI is InChI=1S/C6H8O7.Cr/c7-3(8)1-6(13,5(11)12)2-4(9)10;/h13H,1-2H2,(H,7,8)(H,9,10)(H,11,12);. The number of rotatable bonds is 5. The molecule has 0 unspecified atom stereocenters. The van der Waals surface area contributed by atoms with Gasteiger partial charge in [-0.3, -0.25) is 9.59 Å². The molecule has 0 radical (unpaired) electrons. The molecule has 0 aliphatic heterocycles. The van der Waals surface area contributed by atoms with E-state index in [1.54, 1.807) is 0 Å². The summed E-state index contributed by atoms with van der Waals surface area (Å²) in [7, 11) is 0. The van der Waals surface area contributed by atoms with Crippen LogP contribution >= 0.6 is 0 Å². The van der Waals surface area contributed by atoms with Gasteiger partial charge < -0.3 is 20.4 Å². The molecule has 0 heterocycles. The Morgan fingerprint density at radius 1 is 0.929 bits per heavy atom. The monoisotopic (exact) mass is 244 g/mol. The van der Waals surface area contributed by atoms with Crippen LogP contribution in [0.15, 0.2) is 0 Å². The fourth-order valence-corrected chi connectivity index (χ4v) is 0.714. The molecule has 0 saturated heterocycles. The minimum atomic E-state index is -2.74. The minimum Gasteiger partial charge on any atom is -0.481 e. The zero-order chi connectivity index (χ0) is 10.6. The van der Waals surface area contributed by atoms with Gasteiger partial charge in [0, 0.05) is 17.4 Å². The molecule has 7 nitrogen and oxygen atoms in total. The molecule has 0 atom stereocenters. The van der Waals surface area contributed by atoms with Gasteiger partial charge in [0.15, 0.2) is 5.60 Å². The van der Waals surface area contributed by atoms with Gasteiger partial charge in [-0.2, -0.15) is 0 Å². The van der Waals surface area contributed by atoms with E-state index in [1.807, 2.05) is 0 Å². The van der Waals surface area contributed by atoms with Gasteiger partial charge in [0.25, 0.3) is 0 Å². The summed E-state index contributed by atoms with van der Waals surface area (Å²) in [4.78, 5) is 30.5. The van der Waals surface area contributed by atoms with Crippen LogP contribution in [-0.2, 0) is 31.7 Å². The molecule has 0 aromatic carbocycles. The van der Waals surface area contributed by atoms with Crippen LogP contribution in [0.2, 0.25) is 0 Å². The molecule has 14 heavy (non-hydrogen) atoms. The van der Waals surface area contributed by atoms with Gasteiger partial charge in [0.05, 0.1) is 12.8 Å². The van der Waals surface area contributed by atoms with E-state index in [1.165, 1.54) is 0 Å². The Balaban J connectivity index is 0. The fraction of sp³-hybridized carbons (Fsp3) is 0.500. The number of hydrogen-bond donors (Lipinski definition) is 4. The van der Waals surface area contributed by atoms with Crippen LogP contribution < -0.4 is 0 Å². The summed E-state index contributed by atoms with van der Waals surface area (Å²) in [6.07, 6.45) is -2.29. The molecule has 0 fully saturated rings. The van der Waals surface area contributed by atoms with Crippen molar-refractivity contribution < 1.29 is 52.2 Å². The molecular weight excluding hydrogens is 236 g/mol. The number of carbonyl (C=O) groups is 3. The first-order chi connectivity index (χ1) is 5.78. The molecule has 8 heteroatoms. The van der Waals surface area contributed by atoms with Crippen molar-refractivity contribution in [1.29, 1.82) is 0 Å². The molecule has 0 aliphatic rings. The quantitative estimate of drug-likeness (QED) is 0.474. The smallest absolute Gasteiger partial charge is 0.336 e. The first-order valence-electron chi connectivity index (χ1n) is 3.17. The van der Waals surface area contributed by atoms with Gasteiger partial charge in [0.1, 0.15) is 0 Å². The molecule has 0 aliphatic carbocycles. The molecule has 0 amide bonds. The average molecular weight is 244 g/mol. The summed E-state index contributed by atoms with van der Waals surface area (Å²) in [5.41, 5.74) is -2.74. The fourth-order valence-electron chi connectivity index (χ4n) is 0.714. The third-order valence-electron chi connectivity index (χ3n) is 1.29. The van der Waals surface area contributed by atoms with Crippen molar-refractivity contribution in [3.05, 3.63) is 0 Å². The van der Waals surface area contributed by atoms with Crippen molar-refractivity contribution in [3.8, 4) is 0 Å². The maximum Gasteiger partial charge on any atom is 0.336 e. The zero-order valence-corrected chi connectivity index (χ0v) is 8.11. The normalized spacial score (nSPS) is 10.1. The van der Waals surface area contributed by atoms with Crippen LogP contribution in [0.5, 0.6) is 0 Å². The van der Waals surface area contributed by atoms with Crippen molar-refractivity contribution in [2.45, 2.75) is 18.4 Å². The topological polar surface area (TPSA) is 132 Å². The Bertz CT molecular complexity index is 233. The van der Waals surface area contributed by atoms with Crippen molar-refractivity contribution in [2.24, 2.45) is 0 Å². The van der Waals surface area contributed by atoms with E-state index in [4.69, 9.17) is 20.4 Å². The molecule has 0 spiro atoms. The molecule has 0 aromatic rings. The molecule has 4 N–H and O–H groups in total. The van der Waals surface area contributed by atoms with Crippen LogP contribution in [-0.4, -0.2) is 43.9 Å². The summed E-state index contributed by atoms with van der Waals surface area (Å²) in [5, 5.41) is 33.8. The van der Waals surface area contributed by atoms with Gasteiger partial charge >= 0.3 is 17.9 Å².